The SMILES string of the molecule is CC(C)OC(=O)c1ccc(C(=O)NS(=O)(=O)c2ccc(CCNC(=O)CCc3ccccc3)cc2)cn1. The summed E-state index contributed by atoms with van der Waals surface area (Å²) in [7, 11) is -4.12. The number of nitrogens with zero attached hydrogens (tertiary/aromatic N) is 1. The van der Waals surface area contributed by atoms with Crippen molar-refractivity contribution in [1.82, 2.24) is 15.0 Å². The zero-order valence-corrected chi connectivity index (χ0v) is 21.5. The standard InChI is InChI=1S/C27H29N3O6S/c1-19(2)36-27(33)24-14-11-22(18-29-24)26(32)30-37(34,35)23-12-8-21(9-13-23)16-17-28-25(31)15-10-20-6-4-3-5-7-20/h3-9,11-14,18-19H,10,15-17H2,1-2H3,(H,28,31)(H,30,32). The molecule has 0 fully saturated rings. The van der Waals surface area contributed by atoms with Crippen LogP contribution in [0.1, 0.15) is 52.2 Å². The van der Waals surface area contributed by atoms with Crippen LogP contribution in [0, 0.1) is 0 Å². The zero-order chi connectivity index (χ0) is 26.8. The van der Waals surface area contributed by atoms with E-state index in [0.717, 1.165) is 17.3 Å². The molecule has 0 atom stereocenters. The van der Waals surface area contributed by atoms with Gasteiger partial charge in [-0.05, 0) is 62.1 Å². The summed E-state index contributed by atoms with van der Waals surface area (Å²) in [5, 5.41) is 2.86. The number of ether oxygens (including phenoxy) is 1. The van der Waals surface area contributed by atoms with Gasteiger partial charge >= 0.3 is 5.97 Å². The van der Waals surface area contributed by atoms with Gasteiger partial charge in [-0.2, -0.15) is 0 Å². The first-order chi connectivity index (χ1) is 17.6. The lowest BCUT2D eigenvalue weighted by Gasteiger charge is -2.09. The van der Waals surface area contributed by atoms with Crippen molar-refractivity contribution in [1.29, 1.82) is 0 Å². The fourth-order valence-electron chi connectivity index (χ4n) is 3.34. The van der Waals surface area contributed by atoms with Gasteiger partial charge < -0.3 is 10.1 Å². The summed E-state index contributed by atoms with van der Waals surface area (Å²) in [6.45, 7) is 3.82. The smallest absolute Gasteiger partial charge is 0.357 e. The molecule has 1 aromatic heterocycles. The number of amides is 2. The van der Waals surface area contributed by atoms with Gasteiger partial charge in [0, 0.05) is 19.2 Å². The van der Waals surface area contributed by atoms with Crippen molar-refractivity contribution in [3.8, 4) is 0 Å². The molecule has 3 rings (SSSR count). The predicted octanol–water partition coefficient (Wildman–Crippen LogP) is 3.06. The monoisotopic (exact) mass is 523 g/mol. The molecule has 0 saturated carbocycles. The van der Waals surface area contributed by atoms with Crippen molar-refractivity contribution in [2.45, 2.75) is 44.1 Å². The van der Waals surface area contributed by atoms with E-state index in [4.69, 9.17) is 4.74 Å². The van der Waals surface area contributed by atoms with Gasteiger partial charge in [-0.25, -0.2) is 22.9 Å². The maximum atomic E-state index is 12.6. The van der Waals surface area contributed by atoms with E-state index in [1.54, 1.807) is 26.0 Å². The minimum Gasteiger partial charge on any atom is -0.458 e. The van der Waals surface area contributed by atoms with Crippen LogP contribution in [0.2, 0.25) is 0 Å². The maximum Gasteiger partial charge on any atom is 0.357 e. The van der Waals surface area contributed by atoms with Gasteiger partial charge in [0.2, 0.25) is 5.91 Å². The number of rotatable bonds is 11. The first kappa shape index (κ1) is 27.5. The topological polar surface area (TPSA) is 132 Å². The van der Waals surface area contributed by atoms with Crippen LogP contribution in [-0.4, -0.2) is 43.8 Å². The first-order valence-corrected chi connectivity index (χ1v) is 13.3. The Bertz CT molecular complexity index is 1320. The molecule has 0 aliphatic heterocycles. The van der Waals surface area contributed by atoms with E-state index in [2.05, 4.69) is 10.3 Å². The van der Waals surface area contributed by atoms with Gasteiger partial charge in [-0.15, -0.1) is 0 Å². The van der Waals surface area contributed by atoms with E-state index in [0.29, 0.717) is 25.8 Å². The number of hydrogen-bond donors (Lipinski definition) is 2. The Morgan fingerprint density at radius 1 is 0.892 bits per heavy atom. The molecular weight excluding hydrogens is 494 g/mol. The van der Waals surface area contributed by atoms with Gasteiger partial charge in [-0.3, -0.25) is 9.59 Å². The molecule has 0 bridgehead atoms. The van der Waals surface area contributed by atoms with Gasteiger partial charge in [0.05, 0.1) is 16.6 Å². The average Bonchev–Trinajstić information content (AvgIpc) is 2.88. The van der Waals surface area contributed by atoms with Crippen LogP contribution in [0.5, 0.6) is 0 Å². The molecule has 2 amide bonds. The summed E-state index contributed by atoms with van der Waals surface area (Å²) in [5.74, 6) is -1.56. The largest absolute Gasteiger partial charge is 0.458 e. The number of hydrogen-bond acceptors (Lipinski definition) is 7. The Labute approximate surface area is 216 Å². The van der Waals surface area contributed by atoms with Crippen LogP contribution in [-0.2, 0) is 32.4 Å². The number of pyridine rings is 1. The second-order valence-corrected chi connectivity index (χ2v) is 10.2. The number of carbonyl (C=O) groups excluding carboxylic acids is 3. The van der Waals surface area contributed by atoms with Crippen molar-refractivity contribution >= 4 is 27.8 Å². The number of carbonyl (C=O) groups is 3. The van der Waals surface area contributed by atoms with Gasteiger partial charge in [0.1, 0.15) is 5.69 Å². The third-order valence-electron chi connectivity index (χ3n) is 5.26. The molecule has 0 spiro atoms. The second-order valence-electron chi connectivity index (χ2n) is 8.55. The normalized spacial score (nSPS) is 11.1. The van der Waals surface area contributed by atoms with Crippen molar-refractivity contribution in [2.75, 3.05) is 6.54 Å². The quantitative estimate of drug-likeness (QED) is 0.369. The number of sulfonamides is 1. The first-order valence-electron chi connectivity index (χ1n) is 11.8. The lowest BCUT2D eigenvalue weighted by Crippen LogP contribution is -2.30. The van der Waals surface area contributed by atoms with Gasteiger partial charge in [-0.1, -0.05) is 42.5 Å². The summed E-state index contributed by atoms with van der Waals surface area (Å²) < 4.78 is 32.3. The third-order valence-corrected chi connectivity index (χ3v) is 6.60. The lowest BCUT2D eigenvalue weighted by atomic mass is 10.1. The molecule has 194 valence electrons. The fraction of sp³-hybridized carbons (Fsp3) is 0.259. The fourth-order valence-corrected chi connectivity index (χ4v) is 4.31. The molecule has 9 nitrogen and oxygen atoms in total. The molecule has 2 aromatic carbocycles. The van der Waals surface area contributed by atoms with Crippen molar-refractivity contribution in [2.24, 2.45) is 0 Å². The molecule has 1 heterocycles. The highest BCUT2D eigenvalue weighted by Crippen LogP contribution is 2.12. The Morgan fingerprint density at radius 3 is 2.19 bits per heavy atom. The van der Waals surface area contributed by atoms with Crippen molar-refractivity contribution in [3.63, 3.8) is 0 Å². The average molecular weight is 524 g/mol. The van der Waals surface area contributed by atoms with Crippen LogP contribution < -0.4 is 10.0 Å². The Balaban J connectivity index is 1.49. The highest BCUT2D eigenvalue weighted by Gasteiger charge is 2.20. The second kappa shape index (κ2) is 12.8. The van der Waals surface area contributed by atoms with E-state index in [-0.39, 0.29) is 28.2 Å². The molecule has 37 heavy (non-hydrogen) atoms. The molecule has 10 heteroatoms. The van der Waals surface area contributed by atoms with E-state index in [1.807, 2.05) is 35.1 Å². The third kappa shape index (κ3) is 8.53. The maximum absolute atomic E-state index is 12.6. The van der Waals surface area contributed by atoms with E-state index >= 15 is 0 Å². The number of aryl methyl sites for hydroxylation is 1. The van der Waals surface area contributed by atoms with Crippen LogP contribution in [0.3, 0.4) is 0 Å². The van der Waals surface area contributed by atoms with Crippen LogP contribution in [0.15, 0.2) is 77.8 Å². The highest BCUT2D eigenvalue weighted by atomic mass is 32.2. The van der Waals surface area contributed by atoms with E-state index < -0.39 is 21.9 Å². The molecule has 2 N–H and O–H groups in total. The Hall–Kier alpha value is -4.05. The Morgan fingerprint density at radius 2 is 1.57 bits per heavy atom. The summed E-state index contributed by atoms with van der Waals surface area (Å²) in [5.41, 5.74) is 1.92. The number of esters is 1. The van der Waals surface area contributed by atoms with Crippen LogP contribution in [0.4, 0.5) is 0 Å². The zero-order valence-electron chi connectivity index (χ0n) is 20.6. The van der Waals surface area contributed by atoms with Crippen molar-refractivity contribution in [3.05, 3.63) is 95.3 Å². The highest BCUT2D eigenvalue weighted by molar-refractivity contribution is 7.90. The predicted molar refractivity (Wildman–Crippen MR) is 137 cm³/mol. The summed E-state index contributed by atoms with van der Waals surface area (Å²) in [6.07, 6.45) is 2.37. The molecular formula is C27H29N3O6S. The molecule has 0 radical (unpaired) electrons. The van der Waals surface area contributed by atoms with Crippen LogP contribution >= 0.6 is 0 Å². The number of nitrogens with one attached hydrogen (secondary N) is 2. The molecule has 3 aromatic rings. The van der Waals surface area contributed by atoms with Crippen molar-refractivity contribution < 1.29 is 27.5 Å². The lowest BCUT2D eigenvalue weighted by molar-refractivity contribution is -0.121. The van der Waals surface area contributed by atoms with Gasteiger partial charge in [0.15, 0.2) is 0 Å². The molecule has 0 saturated heterocycles. The minimum absolute atomic E-state index is 0.0103. The summed E-state index contributed by atoms with van der Waals surface area (Å²) in [4.78, 5) is 40.1. The van der Waals surface area contributed by atoms with Gasteiger partial charge in [0.25, 0.3) is 15.9 Å². The molecule has 0 aliphatic carbocycles. The summed E-state index contributed by atoms with van der Waals surface area (Å²) in [6, 6.07) is 18.4. The van der Waals surface area contributed by atoms with E-state index in [1.165, 1.54) is 24.3 Å². The number of benzene rings is 2. The van der Waals surface area contributed by atoms with E-state index in [9.17, 15) is 22.8 Å². The van der Waals surface area contributed by atoms with Crippen LogP contribution in [0.25, 0.3) is 0 Å². The molecule has 0 aliphatic rings. The summed E-state index contributed by atoms with van der Waals surface area (Å²) >= 11 is 0. The molecule has 0 unspecified atom stereocenters. The minimum atomic E-state index is -4.12. The Kier molecular flexibility index (Phi) is 9.51. The number of aromatic nitrogens is 1.